The number of rotatable bonds is 1. The van der Waals surface area contributed by atoms with Gasteiger partial charge in [-0.25, -0.2) is 0 Å². The predicted octanol–water partition coefficient (Wildman–Crippen LogP) is 4.66. The van der Waals surface area contributed by atoms with Crippen LogP contribution in [0.15, 0.2) is 66.7 Å². The molecule has 0 saturated carbocycles. The van der Waals surface area contributed by atoms with Crippen LogP contribution in [0.25, 0.3) is 0 Å². The van der Waals surface area contributed by atoms with Crippen LogP contribution in [0.3, 0.4) is 0 Å². The van der Waals surface area contributed by atoms with E-state index in [0.717, 1.165) is 17.8 Å². The van der Waals surface area contributed by atoms with Crippen LogP contribution >= 0.6 is 0 Å². The number of carbonyl (C=O) groups excluding carboxylic acids is 2. The molecular formula is C24H19NO2. The van der Waals surface area contributed by atoms with Gasteiger partial charge in [0, 0.05) is 34.8 Å². The van der Waals surface area contributed by atoms with Gasteiger partial charge in [0.2, 0.25) is 0 Å². The van der Waals surface area contributed by atoms with Gasteiger partial charge in [0.15, 0.2) is 11.6 Å². The van der Waals surface area contributed by atoms with Crippen molar-refractivity contribution in [3.8, 4) is 0 Å². The number of hydrogen-bond acceptors (Lipinski definition) is 3. The Balaban J connectivity index is 1.73. The minimum Gasteiger partial charge on any atom is -0.384 e. The van der Waals surface area contributed by atoms with Crippen molar-refractivity contribution in [2.75, 3.05) is 11.9 Å². The Morgan fingerprint density at radius 1 is 0.778 bits per heavy atom. The second-order valence-corrected chi connectivity index (χ2v) is 7.40. The molecule has 2 aliphatic rings. The van der Waals surface area contributed by atoms with E-state index in [1.165, 1.54) is 5.56 Å². The molecule has 1 aliphatic heterocycles. The monoisotopic (exact) mass is 353 g/mol. The van der Waals surface area contributed by atoms with Crippen molar-refractivity contribution in [2.45, 2.75) is 12.8 Å². The first-order valence-corrected chi connectivity index (χ1v) is 9.31. The highest BCUT2D eigenvalue weighted by atomic mass is 16.1. The molecule has 0 radical (unpaired) electrons. The van der Waals surface area contributed by atoms with Crippen LogP contribution in [0.4, 0.5) is 5.69 Å². The summed E-state index contributed by atoms with van der Waals surface area (Å²) in [5.74, 6) is 0.457. The zero-order chi connectivity index (χ0) is 18.5. The third-order valence-corrected chi connectivity index (χ3v) is 5.79. The van der Waals surface area contributed by atoms with Crippen molar-refractivity contribution in [3.63, 3.8) is 0 Å². The van der Waals surface area contributed by atoms with Crippen molar-refractivity contribution >= 4 is 17.3 Å². The molecule has 0 spiro atoms. The van der Waals surface area contributed by atoms with Gasteiger partial charge in [-0.3, -0.25) is 9.59 Å². The summed E-state index contributed by atoms with van der Waals surface area (Å²) >= 11 is 0. The SMILES string of the molecule is C[C@@H]1CNc2c(ccc3c2C(=O)c2ccccc2C3=O)[C@H]1c1ccccc1. The summed E-state index contributed by atoms with van der Waals surface area (Å²) in [4.78, 5) is 26.2. The fourth-order valence-corrected chi connectivity index (χ4v) is 4.51. The Hall–Kier alpha value is -3.20. The number of hydrogen-bond donors (Lipinski definition) is 1. The van der Waals surface area contributed by atoms with Crippen molar-refractivity contribution in [1.82, 2.24) is 0 Å². The fourth-order valence-electron chi connectivity index (χ4n) is 4.51. The van der Waals surface area contributed by atoms with Crippen LogP contribution in [-0.2, 0) is 0 Å². The molecule has 132 valence electrons. The van der Waals surface area contributed by atoms with Gasteiger partial charge in [-0.2, -0.15) is 0 Å². The van der Waals surface area contributed by atoms with E-state index in [0.29, 0.717) is 28.2 Å². The maximum Gasteiger partial charge on any atom is 0.196 e. The first-order valence-electron chi connectivity index (χ1n) is 9.31. The summed E-state index contributed by atoms with van der Waals surface area (Å²) in [7, 11) is 0. The molecule has 3 aromatic rings. The summed E-state index contributed by atoms with van der Waals surface area (Å²) in [6.45, 7) is 2.99. The molecule has 0 aromatic heterocycles. The summed E-state index contributed by atoms with van der Waals surface area (Å²) in [6, 6.07) is 21.3. The van der Waals surface area contributed by atoms with E-state index in [1.807, 2.05) is 36.4 Å². The molecule has 0 amide bonds. The zero-order valence-electron chi connectivity index (χ0n) is 15.0. The van der Waals surface area contributed by atoms with E-state index >= 15 is 0 Å². The van der Waals surface area contributed by atoms with Gasteiger partial charge in [0.25, 0.3) is 0 Å². The molecule has 2 atom stereocenters. The molecule has 3 nitrogen and oxygen atoms in total. The highest BCUT2D eigenvalue weighted by Crippen LogP contribution is 2.44. The summed E-state index contributed by atoms with van der Waals surface area (Å²) in [6.07, 6.45) is 0. The van der Waals surface area contributed by atoms with Crippen molar-refractivity contribution < 1.29 is 9.59 Å². The van der Waals surface area contributed by atoms with Gasteiger partial charge in [-0.05, 0) is 23.1 Å². The van der Waals surface area contributed by atoms with Crippen molar-refractivity contribution in [1.29, 1.82) is 0 Å². The van der Waals surface area contributed by atoms with Gasteiger partial charge >= 0.3 is 0 Å². The summed E-state index contributed by atoms with van der Waals surface area (Å²) in [5, 5.41) is 3.45. The van der Waals surface area contributed by atoms with Crippen molar-refractivity contribution in [3.05, 3.63) is 100 Å². The van der Waals surface area contributed by atoms with Gasteiger partial charge in [0.1, 0.15) is 0 Å². The molecule has 0 fully saturated rings. The third kappa shape index (κ3) is 2.28. The number of fused-ring (bicyclic) bond motifs is 4. The number of ketones is 2. The van der Waals surface area contributed by atoms with E-state index in [4.69, 9.17) is 0 Å². The lowest BCUT2D eigenvalue weighted by Crippen LogP contribution is -2.30. The first-order chi connectivity index (χ1) is 13.2. The molecule has 1 aliphatic carbocycles. The zero-order valence-corrected chi connectivity index (χ0v) is 15.0. The predicted molar refractivity (Wildman–Crippen MR) is 106 cm³/mol. The lowest BCUT2D eigenvalue weighted by atomic mass is 9.74. The van der Waals surface area contributed by atoms with Gasteiger partial charge in [-0.1, -0.05) is 67.6 Å². The Morgan fingerprint density at radius 2 is 1.44 bits per heavy atom. The van der Waals surface area contributed by atoms with Gasteiger partial charge in [-0.15, -0.1) is 0 Å². The van der Waals surface area contributed by atoms with Crippen LogP contribution in [0.5, 0.6) is 0 Å². The molecule has 1 heterocycles. The molecule has 27 heavy (non-hydrogen) atoms. The Labute approximate surface area is 158 Å². The number of benzene rings is 3. The minimum absolute atomic E-state index is 0.0640. The molecule has 3 aromatic carbocycles. The van der Waals surface area contributed by atoms with Crippen LogP contribution in [0, 0.1) is 5.92 Å². The number of anilines is 1. The van der Waals surface area contributed by atoms with Crippen LogP contribution in [0.1, 0.15) is 55.8 Å². The average Bonchev–Trinajstić information content (AvgIpc) is 2.71. The Morgan fingerprint density at radius 3 is 2.19 bits per heavy atom. The second kappa shape index (κ2) is 5.92. The van der Waals surface area contributed by atoms with Gasteiger partial charge < -0.3 is 5.32 Å². The Kier molecular flexibility index (Phi) is 3.51. The normalized spacial score (nSPS) is 20.3. The van der Waals surface area contributed by atoms with Gasteiger partial charge in [0.05, 0.1) is 5.56 Å². The second-order valence-electron chi connectivity index (χ2n) is 7.40. The van der Waals surface area contributed by atoms with E-state index in [2.05, 4.69) is 24.4 Å². The smallest absolute Gasteiger partial charge is 0.196 e. The average molecular weight is 353 g/mol. The fraction of sp³-hybridized carbons (Fsp3) is 0.167. The Bertz CT molecular complexity index is 1080. The topological polar surface area (TPSA) is 46.2 Å². The summed E-state index contributed by atoms with van der Waals surface area (Å²) < 4.78 is 0. The summed E-state index contributed by atoms with van der Waals surface area (Å²) in [5.41, 5.74) is 5.20. The lowest BCUT2D eigenvalue weighted by molar-refractivity contribution is 0.0979. The quantitative estimate of drug-likeness (QED) is 0.541. The maximum absolute atomic E-state index is 13.3. The lowest BCUT2D eigenvalue weighted by Gasteiger charge is -2.35. The highest BCUT2D eigenvalue weighted by molar-refractivity contribution is 6.30. The molecular weight excluding hydrogens is 334 g/mol. The van der Waals surface area contributed by atoms with Crippen LogP contribution < -0.4 is 5.32 Å². The third-order valence-electron chi connectivity index (χ3n) is 5.79. The van der Waals surface area contributed by atoms with Crippen molar-refractivity contribution in [2.24, 2.45) is 5.92 Å². The molecule has 0 saturated heterocycles. The minimum atomic E-state index is -0.0697. The number of nitrogens with one attached hydrogen (secondary N) is 1. The van der Waals surface area contributed by atoms with Crippen LogP contribution in [0.2, 0.25) is 0 Å². The van der Waals surface area contributed by atoms with E-state index in [9.17, 15) is 9.59 Å². The molecule has 0 bridgehead atoms. The maximum atomic E-state index is 13.3. The highest BCUT2D eigenvalue weighted by Gasteiger charge is 2.36. The molecule has 3 heteroatoms. The van der Waals surface area contributed by atoms with Crippen LogP contribution in [-0.4, -0.2) is 18.1 Å². The van der Waals surface area contributed by atoms with E-state index < -0.39 is 0 Å². The first kappa shape index (κ1) is 16.0. The molecule has 0 unspecified atom stereocenters. The standard InChI is InChI=1S/C24H19NO2/c1-14-13-25-22-18(20(14)15-7-3-2-4-8-15)11-12-19-21(22)24(27)17-10-6-5-9-16(17)23(19)26/h2-12,14,20,25H,13H2,1H3/t14-,20-/m1/s1. The molecule has 5 rings (SSSR count). The number of carbonyl (C=O) groups is 2. The molecule has 1 N–H and O–H groups in total. The van der Waals surface area contributed by atoms with E-state index in [1.54, 1.807) is 18.2 Å². The van der Waals surface area contributed by atoms with E-state index in [-0.39, 0.29) is 17.5 Å². The largest absolute Gasteiger partial charge is 0.384 e.